The fourth-order valence-corrected chi connectivity index (χ4v) is 1.40. The highest BCUT2D eigenvalue weighted by Crippen LogP contribution is 2.22. The third-order valence-electron chi connectivity index (χ3n) is 2.12. The molecule has 0 radical (unpaired) electrons. The quantitative estimate of drug-likeness (QED) is 0.750. The molecule has 2 heteroatoms. The summed E-state index contributed by atoms with van der Waals surface area (Å²) in [5.41, 5.74) is 1.89. The van der Waals surface area contributed by atoms with E-state index in [0.29, 0.717) is 13.0 Å². The van der Waals surface area contributed by atoms with Crippen molar-refractivity contribution in [2.45, 2.75) is 26.4 Å². The molecule has 0 bridgehead atoms. The van der Waals surface area contributed by atoms with E-state index in [1.54, 1.807) is 0 Å². The van der Waals surface area contributed by atoms with Gasteiger partial charge in [-0.05, 0) is 38.0 Å². The van der Waals surface area contributed by atoms with Crippen molar-refractivity contribution in [3.8, 4) is 5.75 Å². The first-order valence-electron chi connectivity index (χ1n) is 5.18. The standard InChI is InChI=1S/C13H18O2/c1-4-15-12-7-5-11(6-8-12)13(14)9-10(2)3/h5-8,13-14H,2,4,9H2,1,3H3. The molecule has 15 heavy (non-hydrogen) atoms. The zero-order valence-corrected chi connectivity index (χ0v) is 9.36. The van der Waals surface area contributed by atoms with E-state index in [1.807, 2.05) is 38.1 Å². The fraction of sp³-hybridized carbons (Fsp3) is 0.385. The van der Waals surface area contributed by atoms with Gasteiger partial charge in [-0.2, -0.15) is 0 Å². The van der Waals surface area contributed by atoms with Crippen LogP contribution in [0.1, 0.15) is 31.9 Å². The van der Waals surface area contributed by atoms with Crippen LogP contribution in [0.4, 0.5) is 0 Å². The number of rotatable bonds is 5. The Hall–Kier alpha value is -1.28. The Morgan fingerprint density at radius 3 is 2.47 bits per heavy atom. The lowest BCUT2D eigenvalue weighted by Gasteiger charge is -2.11. The van der Waals surface area contributed by atoms with Gasteiger partial charge in [0, 0.05) is 0 Å². The van der Waals surface area contributed by atoms with Crippen molar-refractivity contribution in [2.75, 3.05) is 6.61 Å². The first kappa shape index (κ1) is 11.8. The molecule has 0 amide bonds. The SMILES string of the molecule is C=C(C)CC(O)c1ccc(OCC)cc1. The van der Waals surface area contributed by atoms with Crippen molar-refractivity contribution < 1.29 is 9.84 Å². The topological polar surface area (TPSA) is 29.5 Å². The molecule has 0 aliphatic rings. The van der Waals surface area contributed by atoms with Gasteiger partial charge >= 0.3 is 0 Å². The molecule has 1 unspecified atom stereocenters. The minimum atomic E-state index is -0.460. The molecule has 1 N–H and O–H groups in total. The third-order valence-corrected chi connectivity index (χ3v) is 2.12. The van der Waals surface area contributed by atoms with E-state index in [4.69, 9.17) is 4.74 Å². The maximum Gasteiger partial charge on any atom is 0.119 e. The van der Waals surface area contributed by atoms with Crippen LogP contribution in [0.5, 0.6) is 5.75 Å². The lowest BCUT2D eigenvalue weighted by molar-refractivity contribution is 0.178. The van der Waals surface area contributed by atoms with Gasteiger partial charge in [-0.15, -0.1) is 6.58 Å². The number of ether oxygens (including phenoxy) is 1. The van der Waals surface area contributed by atoms with Gasteiger partial charge in [-0.1, -0.05) is 17.7 Å². The normalized spacial score (nSPS) is 12.2. The van der Waals surface area contributed by atoms with Gasteiger partial charge in [0.1, 0.15) is 5.75 Å². The second kappa shape index (κ2) is 5.56. The predicted molar refractivity (Wildman–Crippen MR) is 62.0 cm³/mol. The fourth-order valence-electron chi connectivity index (χ4n) is 1.40. The minimum absolute atomic E-state index is 0.460. The molecule has 0 aromatic heterocycles. The number of hydrogen-bond donors (Lipinski definition) is 1. The maximum absolute atomic E-state index is 9.81. The van der Waals surface area contributed by atoms with E-state index < -0.39 is 6.10 Å². The summed E-state index contributed by atoms with van der Waals surface area (Å²) in [7, 11) is 0. The zero-order chi connectivity index (χ0) is 11.3. The highest BCUT2D eigenvalue weighted by molar-refractivity contribution is 5.29. The summed E-state index contributed by atoms with van der Waals surface area (Å²) >= 11 is 0. The highest BCUT2D eigenvalue weighted by Gasteiger charge is 2.07. The molecule has 1 aromatic rings. The molecule has 1 aromatic carbocycles. The molecule has 1 rings (SSSR count). The Kier molecular flexibility index (Phi) is 4.37. The monoisotopic (exact) mass is 206 g/mol. The summed E-state index contributed by atoms with van der Waals surface area (Å²) in [6.07, 6.45) is 0.145. The summed E-state index contributed by atoms with van der Waals surface area (Å²) < 4.78 is 5.32. The van der Waals surface area contributed by atoms with Crippen LogP contribution in [0.25, 0.3) is 0 Å². The highest BCUT2D eigenvalue weighted by atomic mass is 16.5. The van der Waals surface area contributed by atoms with Crippen LogP contribution in [0.2, 0.25) is 0 Å². The van der Waals surface area contributed by atoms with Gasteiger partial charge in [-0.3, -0.25) is 0 Å². The third kappa shape index (κ3) is 3.76. The van der Waals surface area contributed by atoms with E-state index in [9.17, 15) is 5.11 Å². The number of hydrogen-bond acceptors (Lipinski definition) is 2. The Balaban J connectivity index is 2.66. The molecule has 82 valence electrons. The summed E-state index contributed by atoms with van der Waals surface area (Å²) in [6, 6.07) is 7.53. The van der Waals surface area contributed by atoms with Crippen LogP contribution >= 0.6 is 0 Å². The number of benzene rings is 1. The van der Waals surface area contributed by atoms with Crippen LogP contribution in [0.3, 0.4) is 0 Å². The molecule has 0 saturated carbocycles. The lowest BCUT2D eigenvalue weighted by Crippen LogP contribution is -1.98. The smallest absolute Gasteiger partial charge is 0.119 e. The molecule has 2 nitrogen and oxygen atoms in total. The first-order chi connectivity index (χ1) is 7.13. The molecule has 0 fully saturated rings. The average Bonchev–Trinajstić information content (AvgIpc) is 2.18. The van der Waals surface area contributed by atoms with Gasteiger partial charge in [-0.25, -0.2) is 0 Å². The van der Waals surface area contributed by atoms with Crippen molar-refractivity contribution in [3.05, 3.63) is 42.0 Å². The minimum Gasteiger partial charge on any atom is -0.494 e. The summed E-state index contributed by atoms with van der Waals surface area (Å²) in [5.74, 6) is 0.837. The van der Waals surface area contributed by atoms with Gasteiger partial charge in [0.15, 0.2) is 0 Å². The van der Waals surface area contributed by atoms with E-state index >= 15 is 0 Å². The van der Waals surface area contributed by atoms with E-state index in [2.05, 4.69) is 6.58 Å². The molecule has 1 atom stereocenters. The largest absolute Gasteiger partial charge is 0.494 e. The lowest BCUT2D eigenvalue weighted by atomic mass is 10.0. The Labute approximate surface area is 91.2 Å². The van der Waals surface area contributed by atoms with E-state index in [-0.39, 0.29) is 0 Å². The van der Waals surface area contributed by atoms with Crippen molar-refractivity contribution in [1.29, 1.82) is 0 Å². The zero-order valence-electron chi connectivity index (χ0n) is 9.36. The molecule has 0 aliphatic heterocycles. The second-order valence-electron chi connectivity index (χ2n) is 3.68. The van der Waals surface area contributed by atoms with Crippen LogP contribution < -0.4 is 4.74 Å². The van der Waals surface area contributed by atoms with Crippen LogP contribution in [0.15, 0.2) is 36.4 Å². The van der Waals surface area contributed by atoms with E-state index in [1.165, 1.54) is 0 Å². The Morgan fingerprint density at radius 1 is 1.40 bits per heavy atom. The molecular weight excluding hydrogens is 188 g/mol. The van der Waals surface area contributed by atoms with Gasteiger partial charge in [0.05, 0.1) is 12.7 Å². The first-order valence-corrected chi connectivity index (χ1v) is 5.18. The number of aliphatic hydroxyl groups is 1. The van der Waals surface area contributed by atoms with Crippen molar-refractivity contribution in [2.24, 2.45) is 0 Å². The Bertz CT molecular complexity index is 314. The van der Waals surface area contributed by atoms with Crippen molar-refractivity contribution in [1.82, 2.24) is 0 Å². The molecule has 0 saturated heterocycles. The van der Waals surface area contributed by atoms with Gasteiger partial charge < -0.3 is 9.84 Å². The maximum atomic E-state index is 9.81. The predicted octanol–water partition coefficient (Wildman–Crippen LogP) is 3.08. The summed E-state index contributed by atoms with van der Waals surface area (Å²) in [4.78, 5) is 0. The number of aliphatic hydroxyl groups excluding tert-OH is 1. The van der Waals surface area contributed by atoms with Crippen LogP contribution in [0, 0.1) is 0 Å². The van der Waals surface area contributed by atoms with Crippen LogP contribution in [-0.4, -0.2) is 11.7 Å². The van der Waals surface area contributed by atoms with E-state index in [0.717, 1.165) is 16.9 Å². The van der Waals surface area contributed by atoms with Gasteiger partial charge in [0.25, 0.3) is 0 Å². The molecule has 0 aliphatic carbocycles. The summed E-state index contributed by atoms with van der Waals surface area (Å²) in [5, 5.41) is 9.81. The molecular formula is C13H18O2. The van der Waals surface area contributed by atoms with Crippen molar-refractivity contribution >= 4 is 0 Å². The second-order valence-corrected chi connectivity index (χ2v) is 3.68. The van der Waals surface area contributed by atoms with Crippen molar-refractivity contribution in [3.63, 3.8) is 0 Å². The molecule has 0 heterocycles. The average molecular weight is 206 g/mol. The van der Waals surface area contributed by atoms with Gasteiger partial charge in [0.2, 0.25) is 0 Å². The Morgan fingerprint density at radius 2 is 2.00 bits per heavy atom. The molecule has 0 spiro atoms. The summed E-state index contributed by atoms with van der Waals surface area (Å²) in [6.45, 7) is 8.31. The van der Waals surface area contributed by atoms with Crippen LogP contribution in [-0.2, 0) is 0 Å².